The van der Waals surface area contributed by atoms with Crippen molar-refractivity contribution in [2.75, 3.05) is 6.26 Å². The van der Waals surface area contributed by atoms with Gasteiger partial charge in [-0.1, -0.05) is 24.3 Å². The number of carbonyl (C=O) groups excluding carboxylic acids is 1. The van der Waals surface area contributed by atoms with Crippen LogP contribution in [-0.2, 0) is 15.8 Å². The summed E-state index contributed by atoms with van der Waals surface area (Å²) in [6.07, 6.45) is 2.32. The quantitative estimate of drug-likeness (QED) is 0.753. The minimum Gasteiger partial charge on any atom is -0.438 e. The number of sulfone groups is 1. The highest BCUT2D eigenvalue weighted by molar-refractivity contribution is 7.93. The van der Waals surface area contributed by atoms with Gasteiger partial charge in [-0.2, -0.15) is 8.78 Å². The fourth-order valence-electron chi connectivity index (χ4n) is 2.13. The smallest absolute Gasteiger partial charge is 0.287 e. The van der Waals surface area contributed by atoms with Crippen LogP contribution in [0.15, 0.2) is 53.9 Å². The number of para-hydroxylation sites is 1. The summed E-state index contributed by atoms with van der Waals surface area (Å²) in [7, 11) is -3.34. The van der Waals surface area contributed by atoms with Gasteiger partial charge in [0.25, 0.3) is 11.8 Å². The van der Waals surface area contributed by atoms with E-state index in [-0.39, 0.29) is 11.4 Å². The molecule has 0 radical (unpaired) electrons. The van der Waals surface area contributed by atoms with Crippen molar-refractivity contribution in [3.8, 4) is 11.6 Å². The van der Waals surface area contributed by atoms with Crippen molar-refractivity contribution in [1.82, 2.24) is 10.3 Å². The molecule has 0 saturated heterocycles. The zero-order valence-electron chi connectivity index (χ0n) is 15.5. The lowest BCUT2D eigenvalue weighted by Crippen LogP contribution is -2.31. The van der Waals surface area contributed by atoms with Crippen LogP contribution in [0, 0.1) is 0 Å². The number of rotatable bonds is 7. The van der Waals surface area contributed by atoms with Crippen LogP contribution in [0.4, 0.5) is 8.78 Å². The number of nitrogens with one attached hydrogen (secondary N) is 1. The summed E-state index contributed by atoms with van der Waals surface area (Å²) in [5.41, 5.74) is -0.600. The fourth-order valence-corrected chi connectivity index (χ4v) is 2.65. The predicted octanol–water partition coefficient (Wildman–Crippen LogP) is 3.66. The van der Waals surface area contributed by atoms with Crippen molar-refractivity contribution in [2.24, 2.45) is 0 Å². The molecule has 1 unspecified atom stereocenters. The number of benzene rings is 1. The summed E-state index contributed by atoms with van der Waals surface area (Å²) in [4.78, 5) is 16.4. The summed E-state index contributed by atoms with van der Waals surface area (Å²) < 4.78 is 55.2. The number of halogens is 2. The highest BCUT2D eigenvalue weighted by Crippen LogP contribution is 2.30. The molecule has 1 N–H and O–H groups in total. The Bertz CT molecular complexity index is 971. The summed E-state index contributed by atoms with van der Waals surface area (Å²) in [5, 5.41) is 3.53. The summed E-state index contributed by atoms with van der Waals surface area (Å²) in [5.74, 6) is -3.81. The third-order valence-corrected chi connectivity index (χ3v) is 4.14. The molecular formula is C19H20F2N2O4S. The van der Waals surface area contributed by atoms with Gasteiger partial charge in [0.15, 0.2) is 9.84 Å². The normalized spacial score (nSPS) is 13.3. The van der Waals surface area contributed by atoms with E-state index in [1.807, 2.05) is 0 Å². The highest BCUT2D eigenvalue weighted by Gasteiger charge is 2.28. The van der Waals surface area contributed by atoms with Gasteiger partial charge in [0.1, 0.15) is 17.0 Å². The average Bonchev–Trinajstić information content (AvgIpc) is 2.59. The Morgan fingerprint density at radius 2 is 1.86 bits per heavy atom. The lowest BCUT2D eigenvalue weighted by Gasteiger charge is -2.16. The van der Waals surface area contributed by atoms with Gasteiger partial charge in [-0.15, -0.1) is 0 Å². The number of alkyl halides is 2. The Kier molecular flexibility index (Phi) is 6.50. The zero-order chi connectivity index (χ0) is 20.9. The monoisotopic (exact) mass is 410 g/mol. The molecule has 0 aliphatic rings. The van der Waals surface area contributed by atoms with Crippen LogP contribution in [-0.4, -0.2) is 31.6 Å². The van der Waals surface area contributed by atoms with Gasteiger partial charge in [0.2, 0.25) is 5.88 Å². The number of aromatic nitrogens is 1. The first-order chi connectivity index (χ1) is 13.0. The van der Waals surface area contributed by atoms with Gasteiger partial charge in [-0.3, -0.25) is 4.79 Å². The Hall–Kier alpha value is -2.81. The van der Waals surface area contributed by atoms with Crippen LogP contribution < -0.4 is 10.1 Å². The zero-order valence-corrected chi connectivity index (χ0v) is 16.3. The minimum atomic E-state index is -3.34. The van der Waals surface area contributed by atoms with Crippen molar-refractivity contribution >= 4 is 15.7 Å². The first-order valence-corrected chi connectivity index (χ1v) is 10.2. The Morgan fingerprint density at radius 1 is 1.21 bits per heavy atom. The van der Waals surface area contributed by atoms with E-state index in [0.29, 0.717) is 12.7 Å². The molecule has 0 bridgehead atoms. The second-order valence-corrected chi connectivity index (χ2v) is 8.20. The van der Waals surface area contributed by atoms with Crippen LogP contribution in [0.5, 0.6) is 11.6 Å². The molecule has 0 aliphatic heterocycles. The molecule has 0 fully saturated rings. The first kappa shape index (κ1) is 21.5. The first-order valence-electron chi connectivity index (χ1n) is 8.27. The number of nitrogens with zero attached hydrogens (tertiary/aromatic N) is 1. The van der Waals surface area contributed by atoms with Crippen molar-refractivity contribution in [3.63, 3.8) is 0 Å². The number of ether oxygens (including phenoxy) is 1. The minimum absolute atomic E-state index is 0.0588. The SMILES string of the molecule is CC(/C=C/S(C)(=O)=O)NC(=O)c1ccc(C(C)(F)F)nc1Oc1ccccc1. The second-order valence-electron chi connectivity index (χ2n) is 6.27. The summed E-state index contributed by atoms with van der Waals surface area (Å²) in [6.45, 7) is 2.26. The highest BCUT2D eigenvalue weighted by atomic mass is 32.2. The molecule has 0 spiro atoms. The van der Waals surface area contributed by atoms with Gasteiger partial charge >= 0.3 is 0 Å². The third-order valence-electron chi connectivity index (χ3n) is 3.49. The van der Waals surface area contributed by atoms with Gasteiger partial charge in [-0.25, -0.2) is 13.4 Å². The topological polar surface area (TPSA) is 85.4 Å². The molecular weight excluding hydrogens is 390 g/mol. The number of hydrogen-bond donors (Lipinski definition) is 1. The predicted molar refractivity (Wildman–Crippen MR) is 101 cm³/mol. The third kappa shape index (κ3) is 6.41. The Balaban J connectivity index is 2.33. The summed E-state index contributed by atoms with van der Waals surface area (Å²) >= 11 is 0. The van der Waals surface area contributed by atoms with E-state index < -0.39 is 33.4 Å². The average molecular weight is 410 g/mol. The molecule has 9 heteroatoms. The van der Waals surface area contributed by atoms with E-state index in [1.165, 1.54) is 12.1 Å². The van der Waals surface area contributed by atoms with E-state index >= 15 is 0 Å². The molecule has 28 heavy (non-hydrogen) atoms. The van der Waals surface area contributed by atoms with Gasteiger partial charge < -0.3 is 10.1 Å². The maximum atomic E-state index is 13.6. The number of hydrogen-bond acceptors (Lipinski definition) is 5. The van der Waals surface area contributed by atoms with Gasteiger partial charge in [0.05, 0.1) is 0 Å². The number of carbonyl (C=O) groups is 1. The molecule has 1 aromatic heterocycles. The van der Waals surface area contributed by atoms with Crippen molar-refractivity contribution in [2.45, 2.75) is 25.8 Å². The van der Waals surface area contributed by atoms with Crippen LogP contribution in [0.1, 0.15) is 29.9 Å². The maximum Gasteiger partial charge on any atom is 0.287 e. The Labute approximate surface area is 162 Å². The lowest BCUT2D eigenvalue weighted by atomic mass is 10.1. The molecule has 0 aliphatic carbocycles. The van der Waals surface area contributed by atoms with Gasteiger partial charge in [0, 0.05) is 24.6 Å². The molecule has 1 aromatic carbocycles. The number of amides is 1. The maximum absolute atomic E-state index is 13.6. The molecule has 1 atom stereocenters. The van der Waals surface area contributed by atoms with Crippen molar-refractivity contribution in [3.05, 3.63) is 65.2 Å². The van der Waals surface area contributed by atoms with E-state index in [1.54, 1.807) is 37.3 Å². The number of pyridine rings is 1. The van der Waals surface area contributed by atoms with Gasteiger partial charge in [-0.05, 0) is 31.2 Å². The van der Waals surface area contributed by atoms with Crippen LogP contribution >= 0.6 is 0 Å². The van der Waals surface area contributed by atoms with E-state index in [4.69, 9.17) is 4.74 Å². The van der Waals surface area contributed by atoms with Crippen LogP contribution in [0.3, 0.4) is 0 Å². The second kappa shape index (κ2) is 8.47. The Morgan fingerprint density at radius 3 is 2.43 bits per heavy atom. The van der Waals surface area contributed by atoms with Crippen molar-refractivity contribution in [1.29, 1.82) is 0 Å². The standard InChI is InChI=1S/C19H20F2N2O4S/c1-13(11-12-28(3,25)26)22-17(24)15-9-10-16(19(2,20)21)23-18(15)27-14-7-5-4-6-8-14/h4-13H,1-3H3,(H,22,24)/b12-11+. The molecule has 1 amide bonds. The van der Waals surface area contributed by atoms with E-state index in [9.17, 15) is 22.0 Å². The largest absolute Gasteiger partial charge is 0.438 e. The molecule has 150 valence electrons. The lowest BCUT2D eigenvalue weighted by molar-refractivity contribution is 0.0122. The van der Waals surface area contributed by atoms with Crippen molar-refractivity contribution < 1.29 is 26.7 Å². The van der Waals surface area contributed by atoms with E-state index in [2.05, 4.69) is 10.3 Å². The van der Waals surface area contributed by atoms with Crippen LogP contribution in [0.25, 0.3) is 0 Å². The molecule has 0 saturated carbocycles. The molecule has 2 aromatic rings. The fraction of sp³-hybridized carbons (Fsp3) is 0.263. The summed E-state index contributed by atoms with van der Waals surface area (Å²) in [6, 6.07) is 9.93. The molecule has 6 nitrogen and oxygen atoms in total. The molecule has 1 heterocycles. The van der Waals surface area contributed by atoms with E-state index in [0.717, 1.165) is 17.7 Å². The van der Waals surface area contributed by atoms with Crippen LogP contribution in [0.2, 0.25) is 0 Å². The molecule has 2 rings (SSSR count).